The maximum atomic E-state index is 13.1. The maximum absolute atomic E-state index is 13.1. The summed E-state index contributed by atoms with van der Waals surface area (Å²) in [5, 5.41) is 0.772. The number of halogens is 1. The highest BCUT2D eigenvalue weighted by Gasteiger charge is 2.32. The molecule has 0 aromatic heterocycles. The summed E-state index contributed by atoms with van der Waals surface area (Å²) in [5.41, 5.74) is 3.55. The first-order chi connectivity index (χ1) is 13.6. The summed E-state index contributed by atoms with van der Waals surface area (Å²) in [5.74, 6) is 0.168. The van der Waals surface area contributed by atoms with Crippen molar-refractivity contribution in [3.8, 4) is 0 Å². The second kappa shape index (κ2) is 8.48. The Bertz CT molecular complexity index is 843. The number of anilines is 1. The van der Waals surface area contributed by atoms with Gasteiger partial charge in [0.2, 0.25) is 5.91 Å². The predicted octanol–water partition coefficient (Wildman–Crippen LogP) is 3.60. The van der Waals surface area contributed by atoms with Gasteiger partial charge in [-0.25, -0.2) is 0 Å². The predicted molar refractivity (Wildman–Crippen MR) is 115 cm³/mol. The molecule has 1 atom stereocenters. The number of rotatable bonds is 5. The van der Waals surface area contributed by atoms with Crippen LogP contribution in [0.25, 0.3) is 0 Å². The largest absolute Gasteiger partial charge is 0.304 e. The first-order valence-electron chi connectivity index (χ1n) is 9.86. The van der Waals surface area contributed by atoms with Crippen molar-refractivity contribution >= 4 is 23.2 Å². The van der Waals surface area contributed by atoms with Crippen molar-refractivity contribution in [1.29, 1.82) is 0 Å². The number of para-hydroxylation sites is 1. The Morgan fingerprint density at radius 3 is 2.43 bits per heavy atom. The van der Waals surface area contributed by atoms with E-state index in [1.165, 1.54) is 11.1 Å². The molecule has 0 radical (unpaired) electrons. The third-order valence-electron chi connectivity index (χ3n) is 5.70. The smallest absolute Gasteiger partial charge is 0.241 e. The van der Waals surface area contributed by atoms with Gasteiger partial charge in [-0.15, -0.1) is 6.58 Å². The Morgan fingerprint density at radius 1 is 1.04 bits per heavy atom. The van der Waals surface area contributed by atoms with Crippen molar-refractivity contribution in [2.24, 2.45) is 0 Å². The summed E-state index contributed by atoms with van der Waals surface area (Å²) >= 11 is 5.97. The number of benzene rings is 2. The Labute approximate surface area is 172 Å². The molecule has 1 fully saturated rings. The zero-order valence-electron chi connectivity index (χ0n) is 16.1. The van der Waals surface area contributed by atoms with Crippen LogP contribution in [0.5, 0.6) is 0 Å². The van der Waals surface area contributed by atoms with Gasteiger partial charge in [0.25, 0.3) is 0 Å². The zero-order valence-corrected chi connectivity index (χ0v) is 16.8. The second-order valence-corrected chi connectivity index (χ2v) is 8.01. The van der Waals surface area contributed by atoms with Crippen LogP contribution in [0.15, 0.2) is 61.2 Å². The molecule has 1 saturated heterocycles. The molecule has 4 rings (SSSR count). The highest BCUT2D eigenvalue weighted by molar-refractivity contribution is 6.30. The second-order valence-electron chi connectivity index (χ2n) is 7.58. The zero-order chi connectivity index (χ0) is 19.5. The molecule has 2 aromatic carbocycles. The molecule has 2 aliphatic heterocycles. The average molecular weight is 396 g/mol. The van der Waals surface area contributed by atoms with Crippen LogP contribution in [-0.4, -0.2) is 54.5 Å². The summed E-state index contributed by atoms with van der Waals surface area (Å²) in [7, 11) is 0. The summed E-state index contributed by atoms with van der Waals surface area (Å²) in [6.07, 6.45) is 2.75. The van der Waals surface area contributed by atoms with Crippen molar-refractivity contribution in [1.82, 2.24) is 9.80 Å². The highest BCUT2D eigenvalue weighted by atomic mass is 35.5. The first kappa shape index (κ1) is 19.2. The van der Waals surface area contributed by atoms with Gasteiger partial charge in [-0.05, 0) is 35.7 Å². The highest BCUT2D eigenvalue weighted by Crippen LogP contribution is 2.32. The van der Waals surface area contributed by atoms with E-state index in [-0.39, 0.29) is 11.9 Å². The van der Waals surface area contributed by atoms with Crippen LogP contribution in [0.3, 0.4) is 0 Å². The van der Waals surface area contributed by atoms with Crippen molar-refractivity contribution in [2.45, 2.75) is 19.0 Å². The standard InChI is InChI=1S/C23H26ClN3O/c1-2-21-15-19-5-3-4-6-22(19)27(21)23(28)17-26-13-11-25(12-14-26)16-18-7-9-20(24)10-8-18/h2-10,21H,1,11-17H2. The van der Waals surface area contributed by atoms with E-state index in [9.17, 15) is 4.79 Å². The lowest BCUT2D eigenvalue weighted by atomic mass is 10.1. The van der Waals surface area contributed by atoms with Crippen LogP contribution in [0, 0.1) is 0 Å². The Balaban J connectivity index is 1.32. The van der Waals surface area contributed by atoms with Crippen LogP contribution in [0.1, 0.15) is 11.1 Å². The number of hydrogen-bond donors (Lipinski definition) is 0. The molecule has 0 aliphatic carbocycles. The monoisotopic (exact) mass is 395 g/mol. The molecule has 146 valence electrons. The fourth-order valence-corrected chi connectivity index (χ4v) is 4.27. The van der Waals surface area contributed by atoms with Crippen LogP contribution >= 0.6 is 11.6 Å². The van der Waals surface area contributed by atoms with Gasteiger partial charge < -0.3 is 4.90 Å². The molecule has 0 N–H and O–H groups in total. The van der Waals surface area contributed by atoms with E-state index in [1.807, 2.05) is 41.3 Å². The summed E-state index contributed by atoms with van der Waals surface area (Å²) in [6, 6.07) is 16.3. The topological polar surface area (TPSA) is 26.8 Å². The van der Waals surface area contributed by atoms with Crippen LogP contribution in [0.2, 0.25) is 5.02 Å². The molecule has 1 amide bonds. The number of nitrogens with zero attached hydrogens (tertiary/aromatic N) is 3. The first-order valence-corrected chi connectivity index (χ1v) is 10.2. The van der Waals surface area contributed by atoms with Gasteiger partial charge in [-0.1, -0.05) is 48.0 Å². The van der Waals surface area contributed by atoms with Crippen molar-refractivity contribution in [3.05, 3.63) is 77.3 Å². The lowest BCUT2D eigenvalue weighted by molar-refractivity contribution is -0.120. The van der Waals surface area contributed by atoms with Gasteiger partial charge in [-0.3, -0.25) is 14.6 Å². The van der Waals surface area contributed by atoms with E-state index >= 15 is 0 Å². The molecule has 5 heteroatoms. The third kappa shape index (κ3) is 4.14. The van der Waals surface area contributed by atoms with Crippen LogP contribution in [0.4, 0.5) is 5.69 Å². The van der Waals surface area contributed by atoms with Crippen LogP contribution < -0.4 is 4.90 Å². The Kier molecular flexibility index (Phi) is 5.81. The van der Waals surface area contributed by atoms with E-state index in [4.69, 9.17) is 11.6 Å². The van der Waals surface area contributed by atoms with Crippen molar-refractivity contribution < 1.29 is 4.79 Å². The van der Waals surface area contributed by atoms with Gasteiger partial charge in [-0.2, -0.15) is 0 Å². The Morgan fingerprint density at radius 2 is 1.71 bits per heavy atom. The van der Waals surface area contributed by atoms with Gasteiger partial charge in [0.1, 0.15) is 0 Å². The summed E-state index contributed by atoms with van der Waals surface area (Å²) in [6.45, 7) is 9.09. The SMILES string of the molecule is C=CC1Cc2ccccc2N1C(=O)CN1CCN(Cc2ccc(Cl)cc2)CC1. The third-order valence-corrected chi connectivity index (χ3v) is 5.95. The number of carbonyl (C=O) groups is 1. The molecule has 2 aliphatic rings. The summed E-state index contributed by atoms with van der Waals surface area (Å²) < 4.78 is 0. The number of amides is 1. The number of piperazine rings is 1. The van der Waals surface area contributed by atoms with Gasteiger partial charge in [0, 0.05) is 43.4 Å². The molecule has 2 heterocycles. The quantitative estimate of drug-likeness (QED) is 0.724. The number of fused-ring (bicyclic) bond motifs is 1. The van der Waals surface area contributed by atoms with E-state index < -0.39 is 0 Å². The lowest BCUT2D eigenvalue weighted by Crippen LogP contribution is -2.50. The van der Waals surface area contributed by atoms with Crippen molar-refractivity contribution in [2.75, 3.05) is 37.6 Å². The van der Waals surface area contributed by atoms with E-state index in [2.05, 4.69) is 34.6 Å². The molecular weight excluding hydrogens is 370 g/mol. The van der Waals surface area contributed by atoms with Gasteiger partial charge in [0.05, 0.1) is 12.6 Å². The average Bonchev–Trinajstić information content (AvgIpc) is 3.10. The molecule has 0 bridgehead atoms. The fraction of sp³-hybridized carbons (Fsp3) is 0.348. The van der Waals surface area contributed by atoms with Crippen molar-refractivity contribution in [3.63, 3.8) is 0 Å². The van der Waals surface area contributed by atoms with E-state index in [0.717, 1.165) is 49.9 Å². The minimum atomic E-state index is 0.0658. The van der Waals surface area contributed by atoms with E-state index in [1.54, 1.807) is 0 Å². The molecule has 2 aromatic rings. The molecule has 0 spiro atoms. The van der Waals surface area contributed by atoms with Crippen LogP contribution in [-0.2, 0) is 17.8 Å². The van der Waals surface area contributed by atoms with Gasteiger partial charge >= 0.3 is 0 Å². The molecule has 1 unspecified atom stereocenters. The van der Waals surface area contributed by atoms with E-state index in [0.29, 0.717) is 6.54 Å². The minimum Gasteiger partial charge on any atom is -0.304 e. The number of hydrogen-bond acceptors (Lipinski definition) is 3. The minimum absolute atomic E-state index is 0.0658. The summed E-state index contributed by atoms with van der Waals surface area (Å²) in [4.78, 5) is 19.7. The maximum Gasteiger partial charge on any atom is 0.241 e. The molecule has 4 nitrogen and oxygen atoms in total. The molecule has 28 heavy (non-hydrogen) atoms. The molecular formula is C23H26ClN3O. The molecule has 0 saturated carbocycles. The Hall–Kier alpha value is -2.14. The number of carbonyl (C=O) groups excluding carboxylic acids is 1. The fourth-order valence-electron chi connectivity index (χ4n) is 4.14. The lowest BCUT2D eigenvalue weighted by Gasteiger charge is -2.35. The normalized spacial score (nSPS) is 20.2. The van der Waals surface area contributed by atoms with Gasteiger partial charge in [0.15, 0.2) is 0 Å².